The molecule has 0 aliphatic heterocycles. The van der Waals surface area contributed by atoms with Gasteiger partial charge in [-0.15, -0.1) is 0 Å². The number of thioether (sulfide) groups is 2. The van der Waals surface area contributed by atoms with E-state index in [1.165, 1.54) is 172 Å². The molecule has 0 heterocycles. The zero-order valence-corrected chi connectivity index (χ0v) is 77.9. The van der Waals surface area contributed by atoms with Crippen LogP contribution in [0.2, 0.25) is 0 Å². The number of hydrogen-bond acceptors (Lipinski definition) is 9. The summed E-state index contributed by atoms with van der Waals surface area (Å²) >= 11 is 4.32. The Morgan fingerprint density at radius 3 is 1.16 bits per heavy atom. The summed E-state index contributed by atoms with van der Waals surface area (Å²) in [4.78, 5) is 0. The Bertz CT molecular complexity index is 3940. The lowest BCUT2D eigenvalue weighted by Gasteiger charge is -2.27. The van der Waals surface area contributed by atoms with Gasteiger partial charge in [-0.05, 0) is 234 Å². The summed E-state index contributed by atoms with van der Waals surface area (Å²) in [7, 11) is -6.00. The van der Waals surface area contributed by atoms with Gasteiger partial charge in [0.2, 0.25) is 0 Å². The molecule has 0 saturated heterocycles. The van der Waals surface area contributed by atoms with Crippen LogP contribution in [0.25, 0.3) is 0 Å². The molecule has 1 atom stereocenters. The highest BCUT2D eigenvalue weighted by atomic mass is 32.2. The van der Waals surface area contributed by atoms with Crippen molar-refractivity contribution in [1.29, 1.82) is 0 Å². The van der Waals surface area contributed by atoms with E-state index in [0.717, 1.165) is 194 Å². The number of unbranched alkanes of at least 4 members (excludes halogenated alkanes) is 2. The average Bonchev–Trinajstić information content (AvgIpc) is 0.823. The molecule has 644 valence electrons. The Labute approximate surface area is 720 Å². The van der Waals surface area contributed by atoms with Crippen molar-refractivity contribution in [2.75, 3.05) is 11.9 Å². The molecule has 11 heteroatoms. The van der Waals surface area contributed by atoms with Crippen LogP contribution in [0.1, 0.15) is 387 Å². The van der Waals surface area contributed by atoms with Crippen molar-refractivity contribution in [3.63, 3.8) is 0 Å². The lowest BCUT2D eigenvalue weighted by molar-refractivity contribution is 0.0127. The van der Waals surface area contributed by atoms with Crippen LogP contribution in [-0.2, 0) is 68.4 Å². The zero-order valence-electron chi connectivity index (χ0n) is 74.6. The Morgan fingerprint density at radius 1 is 0.388 bits per heavy atom. The second kappa shape index (κ2) is 59.5. The molecule has 0 unspecified atom stereocenters. The summed E-state index contributed by atoms with van der Waals surface area (Å²) in [6, 6.07) is 51.2. The van der Waals surface area contributed by atoms with Crippen LogP contribution in [-0.4, -0.2) is 65.8 Å². The quantitative estimate of drug-likeness (QED) is 0.0328. The lowest BCUT2D eigenvalue weighted by atomic mass is 9.86. The molecular weight excluding hydrogens is 1500 g/mol. The van der Waals surface area contributed by atoms with E-state index in [9.17, 15) is 27.0 Å². The minimum Gasteiger partial charge on any atom is -0.390 e. The van der Waals surface area contributed by atoms with Crippen LogP contribution < -0.4 is 5.32 Å². The predicted molar refractivity (Wildman–Crippen MR) is 509 cm³/mol. The third-order valence-electron chi connectivity index (χ3n) is 23.5. The summed E-state index contributed by atoms with van der Waals surface area (Å²) in [5.41, 5.74) is 14.0. The van der Waals surface area contributed by atoms with Crippen LogP contribution in [0, 0.1) is 23.7 Å². The van der Waals surface area contributed by atoms with E-state index in [1.54, 1.807) is 0 Å². The summed E-state index contributed by atoms with van der Waals surface area (Å²) in [5, 5.41) is 26.4. The fourth-order valence-corrected chi connectivity index (χ4v) is 23.0. The number of rotatable bonds is 37. The van der Waals surface area contributed by atoms with E-state index in [4.69, 9.17) is 0 Å². The normalized spacial score (nSPS) is 15.2. The van der Waals surface area contributed by atoms with E-state index in [0.29, 0.717) is 5.92 Å². The number of nitrogens with one attached hydrogen (secondary N) is 1. The number of benzene rings is 6. The van der Waals surface area contributed by atoms with E-state index in [1.807, 2.05) is 43.3 Å². The monoisotopic (exact) mass is 1660 g/mol. The molecule has 10 rings (SSSR count). The second-order valence-corrected chi connectivity index (χ2v) is 41.1. The molecule has 0 spiro atoms. The predicted octanol–water partition coefficient (Wildman–Crippen LogP) is 28.8. The van der Waals surface area contributed by atoms with Crippen LogP contribution in [0.15, 0.2) is 146 Å². The van der Waals surface area contributed by atoms with Gasteiger partial charge in [-0.3, -0.25) is 0 Å². The van der Waals surface area contributed by atoms with Crippen molar-refractivity contribution in [3.8, 4) is 23.7 Å². The van der Waals surface area contributed by atoms with E-state index >= 15 is 0 Å². The summed E-state index contributed by atoms with van der Waals surface area (Å²) in [6.07, 6.45) is 47.3. The number of aryl methyl sites for hydroxylation is 4. The Hall–Kier alpha value is -5.24. The van der Waals surface area contributed by atoms with Crippen molar-refractivity contribution < 1.29 is 27.0 Å². The molecular formula is C105H159NO6S4. The van der Waals surface area contributed by atoms with Crippen molar-refractivity contribution in [2.45, 2.75) is 407 Å². The summed E-state index contributed by atoms with van der Waals surface area (Å²) in [5.74, 6) is 15.8. The molecule has 116 heavy (non-hydrogen) atoms. The largest absolute Gasteiger partial charge is 0.390 e. The molecule has 3 N–H and O–H groups in total. The third-order valence-corrected chi connectivity index (χ3v) is 30.8. The standard InChI is InChI=1S/C19H32O.C18H31NO.C17H26O2S.C17H22O2S.C17H26S.C17H22S/c1-5-12-19(20,13-6-2)14-11-17-9-8-10-18(15-17)16(4)7-3;1-4-11-18(20,12-5-2)13-10-16-8-7-9-17(15-16)19-14-6-3;2*1-2-3-8-15-9-7-10-16(13-15)14-20(18,19)17-11-5-4-6-12-17;2*1-2-3-8-15-9-7-10-16(13-15)14-18-17-11-5-4-6-12-17/h8-10,15-16,20H,5-7,11-14H2,1-4H3;7-9,15,19-20H,4-6,10-14H2,1-3H3;7,9-10,13,17H,2-6,8,11-12,14H2,1H3;7,9-10,13,17H,2,4-6,11-12,14H2,1H3;7,9-10,13,17H,2-6,8,11-12,14H2,1H3;7,9-10,13,17H,2,4-6,11-12,14H2,1H3/t16-;;;;;/m1...../s1. The third kappa shape index (κ3) is 42.3. The molecule has 0 aromatic heterocycles. The minimum atomic E-state index is -3.02. The smallest absolute Gasteiger partial charge is 0.157 e. The highest BCUT2D eigenvalue weighted by Gasteiger charge is 2.30. The van der Waals surface area contributed by atoms with Gasteiger partial charge in [0, 0.05) is 58.2 Å². The van der Waals surface area contributed by atoms with Crippen molar-refractivity contribution in [2.24, 2.45) is 0 Å². The Balaban J connectivity index is 0.000000248. The van der Waals surface area contributed by atoms with Gasteiger partial charge in [0.1, 0.15) is 0 Å². The van der Waals surface area contributed by atoms with Crippen LogP contribution in [0.3, 0.4) is 0 Å². The highest BCUT2D eigenvalue weighted by molar-refractivity contribution is 7.99. The first-order valence-electron chi connectivity index (χ1n) is 46.5. The van der Waals surface area contributed by atoms with Gasteiger partial charge in [-0.25, -0.2) is 16.8 Å². The van der Waals surface area contributed by atoms with E-state index in [-0.39, 0.29) is 22.0 Å². The number of anilines is 1. The second-order valence-electron chi connectivity index (χ2n) is 34.0. The summed E-state index contributed by atoms with van der Waals surface area (Å²) < 4.78 is 49.8. The minimum absolute atomic E-state index is 0.101. The van der Waals surface area contributed by atoms with E-state index < -0.39 is 30.9 Å². The fraction of sp³-hybridized carbons (Fsp3) is 0.619. The molecule has 6 aromatic rings. The van der Waals surface area contributed by atoms with Gasteiger partial charge in [0.25, 0.3) is 0 Å². The number of sulfone groups is 2. The van der Waals surface area contributed by atoms with Gasteiger partial charge < -0.3 is 15.5 Å². The van der Waals surface area contributed by atoms with Crippen LogP contribution in [0.4, 0.5) is 5.69 Å². The van der Waals surface area contributed by atoms with Crippen LogP contribution in [0.5, 0.6) is 0 Å². The first-order valence-corrected chi connectivity index (χ1v) is 52.0. The first-order chi connectivity index (χ1) is 56.2. The Kier molecular flexibility index (Phi) is 51.9. The fourth-order valence-electron chi connectivity index (χ4n) is 16.6. The zero-order chi connectivity index (χ0) is 84.0. The molecule has 4 aliphatic carbocycles. The molecule has 7 nitrogen and oxygen atoms in total. The molecule has 4 aliphatic rings. The SMILES string of the molecule is CCC#Cc1cccc(CS(=O)(=O)C2CCCCC2)c1.CCC#Cc1cccc(CSC2CCCCC2)c1.CCCC(O)(CCC)CCc1cccc([C@H](C)CC)c1.CCCCc1cccc(CS(=O)(=O)C2CCCCC2)c1.CCCCc1cccc(CSC2CCCCC2)c1.CCCNc1cccc(CCC(O)(CCC)CCC)c1. The maximum atomic E-state index is 12.5. The molecule has 4 saturated carbocycles. The van der Waals surface area contributed by atoms with E-state index in [2.05, 4.69) is 231 Å². The van der Waals surface area contributed by atoms with Gasteiger partial charge >= 0.3 is 0 Å². The van der Waals surface area contributed by atoms with Crippen molar-refractivity contribution in [1.82, 2.24) is 0 Å². The summed E-state index contributed by atoms with van der Waals surface area (Å²) in [6.45, 7) is 24.9. The van der Waals surface area contributed by atoms with Gasteiger partial charge in [-0.2, -0.15) is 23.5 Å². The molecule has 0 radical (unpaired) electrons. The molecule has 4 fully saturated rings. The Morgan fingerprint density at radius 2 is 0.741 bits per heavy atom. The van der Waals surface area contributed by atoms with Crippen molar-refractivity contribution >= 4 is 48.9 Å². The lowest BCUT2D eigenvalue weighted by Crippen LogP contribution is -2.28. The maximum Gasteiger partial charge on any atom is 0.157 e. The van der Waals surface area contributed by atoms with Crippen LogP contribution >= 0.6 is 23.5 Å². The molecule has 0 bridgehead atoms. The average molecular weight is 1660 g/mol. The number of aliphatic hydroxyl groups is 2. The maximum absolute atomic E-state index is 12.5. The topological polar surface area (TPSA) is 121 Å². The van der Waals surface area contributed by atoms with Gasteiger partial charge in [-0.1, -0.05) is 325 Å². The highest BCUT2D eigenvalue weighted by Crippen LogP contribution is 2.35. The van der Waals surface area contributed by atoms with Crippen molar-refractivity contribution in [3.05, 3.63) is 207 Å². The number of hydrogen-bond donors (Lipinski definition) is 3. The van der Waals surface area contributed by atoms with Gasteiger partial charge in [0.05, 0.1) is 33.2 Å². The molecule has 0 amide bonds. The molecule has 6 aromatic carbocycles. The van der Waals surface area contributed by atoms with Gasteiger partial charge in [0.15, 0.2) is 19.7 Å². The first kappa shape index (κ1) is 101.